The summed E-state index contributed by atoms with van der Waals surface area (Å²) in [6, 6.07) is 1.55. The van der Waals surface area contributed by atoms with E-state index in [2.05, 4.69) is 5.32 Å². The molecule has 1 fully saturated rings. The summed E-state index contributed by atoms with van der Waals surface area (Å²) in [5, 5.41) is 2.71. The van der Waals surface area contributed by atoms with Crippen molar-refractivity contribution >= 4 is 5.91 Å². The molecule has 1 heterocycles. The normalized spacial score (nSPS) is 16.5. The van der Waals surface area contributed by atoms with E-state index in [-0.39, 0.29) is 0 Å². The van der Waals surface area contributed by atoms with Gasteiger partial charge in [0.15, 0.2) is 0 Å². The number of hydrogen-bond donors (Lipinski definition) is 1. The van der Waals surface area contributed by atoms with E-state index in [9.17, 15) is 22.8 Å². The van der Waals surface area contributed by atoms with Gasteiger partial charge >= 0.3 is 6.18 Å². The first kappa shape index (κ1) is 16.6. The summed E-state index contributed by atoms with van der Waals surface area (Å²) in [6.45, 7) is 0.127. The lowest BCUT2D eigenvalue weighted by Crippen LogP contribution is -2.35. The zero-order valence-electron chi connectivity index (χ0n) is 12.2. The number of halogens is 3. The maximum Gasteiger partial charge on any atom is 0.417 e. The van der Waals surface area contributed by atoms with Gasteiger partial charge < -0.3 is 9.88 Å². The molecule has 0 atom stereocenters. The average molecular weight is 316 g/mol. The first-order valence-corrected chi connectivity index (χ1v) is 7.40. The second-order valence-corrected chi connectivity index (χ2v) is 5.69. The molecule has 0 unspecified atom stereocenters. The summed E-state index contributed by atoms with van der Waals surface area (Å²) in [4.78, 5) is 23.4. The molecule has 0 aliphatic heterocycles. The van der Waals surface area contributed by atoms with Crippen LogP contribution < -0.4 is 10.9 Å². The highest BCUT2D eigenvalue weighted by Crippen LogP contribution is 2.28. The molecule has 22 heavy (non-hydrogen) atoms. The standard InChI is InChI=1S/C15H19F3N2O2/c16-15(17,18)12-6-7-14(22)20(9-12)10-13(21)19-8-11-4-2-1-3-5-11/h6-7,9,11H,1-5,8,10H2,(H,19,21). The monoisotopic (exact) mass is 316 g/mol. The van der Waals surface area contributed by atoms with Crippen LogP contribution in [-0.2, 0) is 17.5 Å². The van der Waals surface area contributed by atoms with Gasteiger partial charge in [0.2, 0.25) is 5.91 Å². The van der Waals surface area contributed by atoms with Gasteiger partial charge in [-0.1, -0.05) is 19.3 Å². The fourth-order valence-electron chi connectivity index (χ4n) is 2.68. The summed E-state index contributed by atoms with van der Waals surface area (Å²) in [7, 11) is 0. The molecule has 1 aromatic rings. The Hall–Kier alpha value is -1.79. The second-order valence-electron chi connectivity index (χ2n) is 5.69. The summed E-state index contributed by atoms with van der Waals surface area (Å²) >= 11 is 0. The Bertz CT molecular complexity index is 575. The molecular formula is C15H19F3N2O2. The van der Waals surface area contributed by atoms with Crippen LogP contribution in [0.2, 0.25) is 0 Å². The van der Waals surface area contributed by atoms with Crippen molar-refractivity contribution in [1.29, 1.82) is 0 Å². The van der Waals surface area contributed by atoms with Gasteiger partial charge in [-0.05, 0) is 24.8 Å². The summed E-state index contributed by atoms with van der Waals surface area (Å²) < 4.78 is 38.6. The van der Waals surface area contributed by atoms with Crippen LogP contribution in [0.1, 0.15) is 37.7 Å². The molecule has 122 valence electrons. The number of carbonyl (C=O) groups is 1. The van der Waals surface area contributed by atoms with Gasteiger partial charge in [0.05, 0.1) is 5.56 Å². The predicted octanol–water partition coefficient (Wildman–Crippen LogP) is 2.56. The Morgan fingerprint density at radius 1 is 1.23 bits per heavy atom. The maximum atomic E-state index is 12.6. The van der Waals surface area contributed by atoms with Gasteiger partial charge in [-0.15, -0.1) is 0 Å². The molecule has 1 aliphatic carbocycles. The third kappa shape index (κ3) is 4.61. The molecule has 1 amide bonds. The third-order valence-electron chi connectivity index (χ3n) is 3.94. The summed E-state index contributed by atoms with van der Waals surface area (Å²) in [5.41, 5.74) is -1.56. The Labute approximate surface area is 126 Å². The van der Waals surface area contributed by atoms with E-state index >= 15 is 0 Å². The van der Waals surface area contributed by atoms with E-state index in [1.807, 2.05) is 0 Å². The van der Waals surface area contributed by atoms with Crippen molar-refractivity contribution < 1.29 is 18.0 Å². The van der Waals surface area contributed by atoms with E-state index in [0.717, 1.165) is 42.4 Å². The van der Waals surface area contributed by atoms with Crippen LogP contribution in [0.4, 0.5) is 13.2 Å². The van der Waals surface area contributed by atoms with Crippen LogP contribution in [0.3, 0.4) is 0 Å². The number of nitrogens with one attached hydrogen (secondary N) is 1. The molecule has 4 nitrogen and oxygen atoms in total. The van der Waals surface area contributed by atoms with Crippen LogP contribution in [0.5, 0.6) is 0 Å². The minimum Gasteiger partial charge on any atom is -0.354 e. The van der Waals surface area contributed by atoms with E-state index in [0.29, 0.717) is 18.7 Å². The minimum atomic E-state index is -4.53. The molecule has 0 radical (unpaired) electrons. The maximum absolute atomic E-state index is 12.6. The van der Waals surface area contributed by atoms with E-state index in [1.165, 1.54) is 6.42 Å². The van der Waals surface area contributed by atoms with E-state index < -0.39 is 29.8 Å². The molecule has 0 aromatic carbocycles. The Balaban J connectivity index is 1.94. The largest absolute Gasteiger partial charge is 0.417 e. The zero-order valence-corrected chi connectivity index (χ0v) is 12.2. The molecular weight excluding hydrogens is 297 g/mol. The highest BCUT2D eigenvalue weighted by atomic mass is 19.4. The number of rotatable bonds is 4. The highest BCUT2D eigenvalue weighted by molar-refractivity contribution is 5.75. The Morgan fingerprint density at radius 2 is 1.91 bits per heavy atom. The van der Waals surface area contributed by atoms with Gasteiger partial charge in [-0.25, -0.2) is 0 Å². The fourth-order valence-corrected chi connectivity index (χ4v) is 2.68. The molecule has 1 N–H and O–H groups in total. The smallest absolute Gasteiger partial charge is 0.354 e. The van der Waals surface area contributed by atoms with Crippen molar-refractivity contribution in [3.63, 3.8) is 0 Å². The molecule has 7 heteroatoms. The summed E-state index contributed by atoms with van der Waals surface area (Å²) in [5.74, 6) is -0.0112. The van der Waals surface area contributed by atoms with Crippen molar-refractivity contribution in [1.82, 2.24) is 9.88 Å². The Morgan fingerprint density at radius 3 is 2.55 bits per heavy atom. The number of hydrogen-bond acceptors (Lipinski definition) is 2. The molecule has 0 bridgehead atoms. The molecule has 0 saturated heterocycles. The lowest BCUT2D eigenvalue weighted by molar-refractivity contribution is -0.138. The summed E-state index contributed by atoms with van der Waals surface area (Å²) in [6.07, 6.45) is 1.77. The quantitative estimate of drug-likeness (QED) is 0.928. The highest BCUT2D eigenvalue weighted by Gasteiger charge is 2.31. The van der Waals surface area contributed by atoms with Gasteiger partial charge in [0.1, 0.15) is 6.54 Å². The van der Waals surface area contributed by atoms with Crippen molar-refractivity contribution in [2.45, 2.75) is 44.8 Å². The number of alkyl halides is 3. The minimum absolute atomic E-state index is 0.393. The average Bonchev–Trinajstić information content (AvgIpc) is 2.47. The first-order chi connectivity index (χ1) is 10.4. The van der Waals surface area contributed by atoms with Crippen LogP contribution >= 0.6 is 0 Å². The molecule has 0 spiro atoms. The molecule has 1 saturated carbocycles. The van der Waals surface area contributed by atoms with Gasteiger partial charge in [0, 0.05) is 18.8 Å². The molecule has 1 aromatic heterocycles. The van der Waals surface area contributed by atoms with Crippen LogP contribution in [0.25, 0.3) is 0 Å². The van der Waals surface area contributed by atoms with E-state index in [1.54, 1.807) is 0 Å². The van der Waals surface area contributed by atoms with Crippen LogP contribution in [-0.4, -0.2) is 17.0 Å². The van der Waals surface area contributed by atoms with Gasteiger partial charge in [-0.3, -0.25) is 9.59 Å². The van der Waals surface area contributed by atoms with Crippen molar-refractivity contribution in [3.05, 3.63) is 34.2 Å². The lowest BCUT2D eigenvalue weighted by Gasteiger charge is -2.21. The Kier molecular flexibility index (Phi) is 5.26. The van der Waals surface area contributed by atoms with Crippen molar-refractivity contribution in [2.24, 2.45) is 5.92 Å². The molecule has 2 rings (SSSR count). The topological polar surface area (TPSA) is 51.1 Å². The number of aromatic nitrogens is 1. The first-order valence-electron chi connectivity index (χ1n) is 7.40. The number of pyridine rings is 1. The zero-order chi connectivity index (χ0) is 16.2. The SMILES string of the molecule is O=C(Cn1cc(C(F)(F)F)ccc1=O)NCC1CCCCC1. The van der Waals surface area contributed by atoms with Crippen molar-refractivity contribution in [2.75, 3.05) is 6.54 Å². The van der Waals surface area contributed by atoms with E-state index in [4.69, 9.17) is 0 Å². The predicted molar refractivity (Wildman–Crippen MR) is 75.3 cm³/mol. The third-order valence-corrected chi connectivity index (χ3v) is 3.94. The van der Waals surface area contributed by atoms with Gasteiger partial charge in [-0.2, -0.15) is 13.2 Å². The van der Waals surface area contributed by atoms with Crippen LogP contribution in [0.15, 0.2) is 23.1 Å². The van der Waals surface area contributed by atoms with Crippen molar-refractivity contribution in [3.8, 4) is 0 Å². The number of carbonyl (C=O) groups excluding carboxylic acids is 1. The molecule has 1 aliphatic rings. The number of nitrogens with zero attached hydrogens (tertiary/aromatic N) is 1. The number of amides is 1. The van der Waals surface area contributed by atoms with Crippen LogP contribution in [0, 0.1) is 5.92 Å². The fraction of sp³-hybridized carbons (Fsp3) is 0.600. The second kappa shape index (κ2) is 6.98. The lowest BCUT2D eigenvalue weighted by atomic mass is 9.89. The van der Waals surface area contributed by atoms with Gasteiger partial charge in [0.25, 0.3) is 5.56 Å².